The molecular formula is C19H29N7OS2. The number of tetrazole rings is 1. The van der Waals surface area contributed by atoms with Crippen molar-refractivity contribution < 1.29 is 4.79 Å². The van der Waals surface area contributed by atoms with E-state index >= 15 is 0 Å². The maximum atomic E-state index is 13.2. The van der Waals surface area contributed by atoms with Crippen molar-refractivity contribution in [3.8, 4) is 0 Å². The summed E-state index contributed by atoms with van der Waals surface area (Å²) in [6.07, 6.45) is 14.7. The standard InChI is InChI=1S/C19H29N7OS2/c27-19(26(14-7-3-1-4-8-14)15-9-5-2-6-10-15)21-18-20-13-17(29-18)28-12-11-16-22-24-25-23-16/h13-15H,1-12H2,(H,20,21,27)(H,22,23,24,25). The van der Waals surface area contributed by atoms with Crippen LogP contribution >= 0.6 is 23.1 Å². The number of aromatic amines is 1. The number of H-pyrrole nitrogens is 1. The highest BCUT2D eigenvalue weighted by atomic mass is 32.2. The number of rotatable bonds is 7. The van der Waals surface area contributed by atoms with Crippen molar-refractivity contribution >= 4 is 34.3 Å². The molecule has 2 saturated carbocycles. The molecule has 2 aromatic rings. The van der Waals surface area contributed by atoms with Crippen LogP contribution in [0.1, 0.15) is 70.0 Å². The molecule has 0 spiro atoms. The van der Waals surface area contributed by atoms with Crippen LogP contribution in [-0.2, 0) is 6.42 Å². The summed E-state index contributed by atoms with van der Waals surface area (Å²) in [6, 6.07) is 0.815. The van der Waals surface area contributed by atoms with Crippen molar-refractivity contribution in [1.29, 1.82) is 0 Å². The summed E-state index contributed by atoms with van der Waals surface area (Å²) in [5.74, 6) is 1.65. The number of aryl methyl sites for hydroxylation is 1. The first-order valence-corrected chi connectivity index (χ1v) is 12.5. The minimum Gasteiger partial charge on any atom is -0.319 e. The number of carbonyl (C=O) groups is 1. The Labute approximate surface area is 179 Å². The predicted molar refractivity (Wildman–Crippen MR) is 115 cm³/mol. The maximum absolute atomic E-state index is 13.2. The van der Waals surface area contributed by atoms with Crippen molar-refractivity contribution in [3.05, 3.63) is 12.0 Å². The van der Waals surface area contributed by atoms with E-state index in [0.29, 0.717) is 17.2 Å². The van der Waals surface area contributed by atoms with Gasteiger partial charge in [-0.05, 0) is 36.1 Å². The van der Waals surface area contributed by atoms with Gasteiger partial charge in [-0.3, -0.25) is 5.32 Å². The van der Waals surface area contributed by atoms with Crippen LogP contribution in [0.2, 0.25) is 0 Å². The number of carbonyl (C=O) groups excluding carboxylic acids is 1. The second-order valence-electron chi connectivity index (χ2n) is 7.85. The van der Waals surface area contributed by atoms with Crippen molar-refractivity contribution in [3.63, 3.8) is 0 Å². The number of hydrogen-bond acceptors (Lipinski definition) is 7. The monoisotopic (exact) mass is 435 g/mol. The molecule has 0 aromatic carbocycles. The smallest absolute Gasteiger partial charge is 0.319 e. The minimum absolute atomic E-state index is 0.0439. The third-order valence-corrected chi connectivity index (χ3v) is 7.95. The lowest BCUT2D eigenvalue weighted by molar-refractivity contribution is 0.114. The lowest BCUT2D eigenvalue weighted by Gasteiger charge is -2.41. The minimum atomic E-state index is 0.0439. The number of hydrogen-bond donors (Lipinski definition) is 2. The molecule has 2 aliphatic rings. The molecule has 8 nitrogen and oxygen atoms in total. The van der Waals surface area contributed by atoms with E-state index in [0.717, 1.165) is 47.9 Å². The van der Waals surface area contributed by atoms with Crippen LogP contribution < -0.4 is 5.32 Å². The molecule has 2 heterocycles. The number of nitrogens with zero attached hydrogens (tertiary/aromatic N) is 5. The lowest BCUT2D eigenvalue weighted by atomic mass is 9.89. The van der Waals surface area contributed by atoms with E-state index in [1.165, 1.54) is 38.5 Å². The van der Waals surface area contributed by atoms with Crippen molar-refractivity contribution in [1.82, 2.24) is 30.5 Å². The first-order chi connectivity index (χ1) is 14.3. The normalized spacial score (nSPS) is 18.6. The Hall–Kier alpha value is -1.68. The largest absolute Gasteiger partial charge is 0.324 e. The van der Waals surface area contributed by atoms with E-state index in [1.807, 2.05) is 6.20 Å². The molecule has 0 radical (unpaired) electrons. The molecule has 2 fully saturated rings. The molecule has 29 heavy (non-hydrogen) atoms. The average Bonchev–Trinajstić information content (AvgIpc) is 3.42. The molecule has 0 saturated heterocycles. The van der Waals surface area contributed by atoms with Crippen molar-refractivity contribution in [2.45, 2.75) is 86.9 Å². The summed E-state index contributed by atoms with van der Waals surface area (Å²) in [5, 5.41) is 17.6. The van der Waals surface area contributed by atoms with Crippen LogP contribution in [0.15, 0.2) is 10.4 Å². The van der Waals surface area contributed by atoms with Gasteiger partial charge in [0.15, 0.2) is 5.13 Å². The summed E-state index contributed by atoms with van der Waals surface area (Å²) >= 11 is 3.25. The number of amides is 2. The van der Waals surface area contributed by atoms with E-state index in [1.54, 1.807) is 23.1 Å². The highest BCUT2D eigenvalue weighted by Gasteiger charge is 2.32. The van der Waals surface area contributed by atoms with Crippen LogP contribution in [0.4, 0.5) is 9.93 Å². The Morgan fingerprint density at radius 2 is 1.83 bits per heavy atom. The summed E-state index contributed by atoms with van der Waals surface area (Å²) in [4.78, 5) is 19.9. The molecule has 0 unspecified atom stereocenters. The van der Waals surface area contributed by atoms with Crippen LogP contribution in [0, 0.1) is 0 Å². The molecular weight excluding hydrogens is 406 g/mol. The number of nitrogens with one attached hydrogen (secondary N) is 2. The number of anilines is 1. The third kappa shape index (κ3) is 5.69. The zero-order valence-corrected chi connectivity index (χ0v) is 18.3. The topological polar surface area (TPSA) is 99.7 Å². The van der Waals surface area contributed by atoms with Crippen LogP contribution in [0.5, 0.6) is 0 Å². The van der Waals surface area contributed by atoms with E-state index < -0.39 is 0 Å². The molecule has 0 bridgehead atoms. The molecule has 2 aliphatic carbocycles. The number of thiazole rings is 1. The molecule has 158 valence electrons. The fourth-order valence-corrected chi connectivity index (χ4v) is 6.31. The van der Waals surface area contributed by atoms with Gasteiger partial charge < -0.3 is 4.90 Å². The zero-order chi connectivity index (χ0) is 19.9. The maximum Gasteiger partial charge on any atom is 0.324 e. The van der Waals surface area contributed by atoms with Gasteiger partial charge in [0.1, 0.15) is 5.82 Å². The Morgan fingerprint density at radius 3 is 2.45 bits per heavy atom. The number of urea groups is 1. The third-order valence-electron chi connectivity index (χ3n) is 5.84. The highest BCUT2D eigenvalue weighted by molar-refractivity contribution is 8.01. The van der Waals surface area contributed by atoms with Gasteiger partial charge in [-0.2, -0.15) is 0 Å². The van der Waals surface area contributed by atoms with Crippen LogP contribution in [-0.4, -0.2) is 54.4 Å². The Kier molecular flexibility index (Phi) is 7.37. The van der Waals surface area contributed by atoms with Gasteiger partial charge in [0.2, 0.25) is 0 Å². The van der Waals surface area contributed by atoms with Gasteiger partial charge in [0.25, 0.3) is 0 Å². The molecule has 0 atom stereocenters. The summed E-state index contributed by atoms with van der Waals surface area (Å²) in [6.45, 7) is 0. The first-order valence-electron chi connectivity index (χ1n) is 10.7. The SMILES string of the molecule is O=C(Nc1ncc(SCCc2nnn[nH]2)s1)N(C1CCCCC1)C1CCCCC1. The van der Waals surface area contributed by atoms with Gasteiger partial charge >= 0.3 is 6.03 Å². The molecule has 2 amide bonds. The molecule has 2 aromatic heterocycles. The molecule has 0 aliphatic heterocycles. The zero-order valence-electron chi connectivity index (χ0n) is 16.7. The van der Waals surface area contributed by atoms with Crippen molar-refractivity contribution in [2.24, 2.45) is 0 Å². The average molecular weight is 436 g/mol. The molecule has 10 heteroatoms. The predicted octanol–water partition coefficient (Wildman–Crippen LogP) is 4.49. The Morgan fingerprint density at radius 1 is 1.14 bits per heavy atom. The molecule has 4 rings (SSSR count). The Balaban J connectivity index is 1.34. The van der Waals surface area contributed by atoms with Gasteiger partial charge in [0.05, 0.1) is 10.4 Å². The van der Waals surface area contributed by atoms with Crippen LogP contribution in [0.3, 0.4) is 0 Å². The second kappa shape index (κ2) is 10.4. The van der Waals surface area contributed by atoms with Gasteiger partial charge in [0, 0.05) is 24.3 Å². The summed E-state index contributed by atoms with van der Waals surface area (Å²) in [5.41, 5.74) is 0. The van der Waals surface area contributed by atoms with E-state index in [9.17, 15) is 4.79 Å². The molecule has 2 N–H and O–H groups in total. The lowest BCUT2D eigenvalue weighted by Crippen LogP contribution is -2.50. The van der Waals surface area contributed by atoms with E-state index in [2.05, 4.69) is 35.8 Å². The van der Waals surface area contributed by atoms with Crippen molar-refractivity contribution in [2.75, 3.05) is 11.1 Å². The Bertz CT molecular complexity index is 736. The quantitative estimate of drug-likeness (QED) is 0.622. The van der Waals surface area contributed by atoms with Crippen LogP contribution in [0.25, 0.3) is 0 Å². The van der Waals surface area contributed by atoms with Gasteiger partial charge in [-0.1, -0.05) is 49.9 Å². The number of thioether (sulfide) groups is 1. The second-order valence-corrected chi connectivity index (χ2v) is 10.3. The number of aromatic nitrogens is 5. The van der Waals surface area contributed by atoms with Gasteiger partial charge in [-0.15, -0.1) is 16.9 Å². The first kappa shape index (κ1) is 20.6. The van der Waals surface area contributed by atoms with E-state index in [4.69, 9.17) is 0 Å². The highest BCUT2D eigenvalue weighted by Crippen LogP contribution is 2.32. The van der Waals surface area contributed by atoms with Gasteiger partial charge in [-0.25, -0.2) is 14.9 Å². The summed E-state index contributed by atoms with van der Waals surface area (Å²) in [7, 11) is 0. The summed E-state index contributed by atoms with van der Waals surface area (Å²) < 4.78 is 1.09. The van der Waals surface area contributed by atoms with E-state index in [-0.39, 0.29) is 6.03 Å². The fourth-order valence-electron chi connectivity index (χ4n) is 4.42. The fraction of sp³-hybridized carbons (Fsp3) is 0.737.